The van der Waals surface area contributed by atoms with Crippen LogP contribution in [0, 0.1) is 6.92 Å². The molecule has 1 aliphatic heterocycles. The van der Waals surface area contributed by atoms with Crippen LogP contribution in [0.25, 0.3) is 0 Å². The van der Waals surface area contributed by atoms with E-state index in [9.17, 15) is 0 Å². The smallest absolute Gasteiger partial charge is 0.199 e. The van der Waals surface area contributed by atoms with Gasteiger partial charge >= 0.3 is 0 Å². The average molecular weight is 340 g/mol. The predicted octanol–water partition coefficient (Wildman–Crippen LogP) is 4.65. The molecule has 0 saturated carbocycles. The van der Waals surface area contributed by atoms with Crippen molar-refractivity contribution in [1.29, 1.82) is 0 Å². The molecule has 0 radical (unpaired) electrons. The molecule has 0 saturated heterocycles. The van der Waals surface area contributed by atoms with Crippen LogP contribution in [-0.4, -0.2) is 23.9 Å². The second-order valence-corrected chi connectivity index (χ2v) is 6.69. The van der Waals surface area contributed by atoms with Crippen LogP contribution in [0.5, 0.6) is 0 Å². The van der Waals surface area contributed by atoms with Gasteiger partial charge in [0.05, 0.1) is 28.8 Å². The molecule has 0 aliphatic carbocycles. The Kier molecular flexibility index (Phi) is 4.38. The van der Waals surface area contributed by atoms with Gasteiger partial charge in [-0.05, 0) is 36.1 Å². The van der Waals surface area contributed by atoms with Crippen molar-refractivity contribution in [3.05, 3.63) is 50.1 Å². The molecule has 0 spiro atoms. The Morgan fingerprint density at radius 3 is 2.71 bits per heavy atom. The van der Waals surface area contributed by atoms with Crippen molar-refractivity contribution in [3.8, 4) is 0 Å². The second kappa shape index (κ2) is 6.26. The number of thiophene rings is 1. The molecule has 1 N–H and O–H groups in total. The van der Waals surface area contributed by atoms with Crippen LogP contribution in [0.1, 0.15) is 10.4 Å². The number of hydrogen-bond donors (Lipinski definition) is 1. The van der Waals surface area contributed by atoms with E-state index >= 15 is 0 Å². The van der Waals surface area contributed by atoms with Gasteiger partial charge in [0.2, 0.25) is 0 Å². The van der Waals surface area contributed by atoms with E-state index in [1.165, 1.54) is 10.4 Å². The normalized spacial score (nSPS) is 14.4. The van der Waals surface area contributed by atoms with Crippen molar-refractivity contribution >= 4 is 46.2 Å². The van der Waals surface area contributed by atoms with Crippen molar-refractivity contribution in [2.24, 2.45) is 4.99 Å². The second-order valence-electron chi connectivity index (χ2n) is 4.88. The topological polar surface area (TPSA) is 27.6 Å². The number of aliphatic imine (C=N–C) groups is 1. The van der Waals surface area contributed by atoms with E-state index in [4.69, 9.17) is 23.2 Å². The molecular weight excluding hydrogens is 325 g/mol. The monoisotopic (exact) mass is 339 g/mol. The number of anilines is 1. The fourth-order valence-electron chi connectivity index (χ4n) is 2.22. The van der Waals surface area contributed by atoms with Gasteiger partial charge in [0.1, 0.15) is 0 Å². The summed E-state index contributed by atoms with van der Waals surface area (Å²) in [7, 11) is 0. The van der Waals surface area contributed by atoms with Gasteiger partial charge in [0, 0.05) is 11.4 Å². The van der Waals surface area contributed by atoms with Crippen molar-refractivity contribution in [1.82, 2.24) is 4.90 Å². The Balaban J connectivity index is 1.77. The van der Waals surface area contributed by atoms with E-state index in [0.29, 0.717) is 10.0 Å². The van der Waals surface area contributed by atoms with Crippen LogP contribution >= 0.6 is 34.5 Å². The summed E-state index contributed by atoms with van der Waals surface area (Å²) >= 11 is 14.2. The van der Waals surface area contributed by atoms with Crippen LogP contribution in [0.4, 0.5) is 5.69 Å². The molecule has 0 fully saturated rings. The number of para-hydroxylation sites is 1. The minimum absolute atomic E-state index is 0.601. The SMILES string of the molecule is Cc1ccsc1CN1CCN=C1Nc1c(Cl)cccc1Cl. The zero-order valence-electron chi connectivity index (χ0n) is 11.6. The zero-order valence-corrected chi connectivity index (χ0v) is 13.9. The Labute approximate surface area is 138 Å². The molecule has 2 heterocycles. The summed E-state index contributed by atoms with van der Waals surface area (Å²) in [4.78, 5) is 8.10. The third kappa shape index (κ3) is 3.18. The number of nitrogens with zero attached hydrogens (tertiary/aromatic N) is 2. The fraction of sp³-hybridized carbons (Fsp3) is 0.267. The van der Waals surface area contributed by atoms with Gasteiger partial charge in [-0.1, -0.05) is 29.3 Å². The molecule has 1 aromatic carbocycles. The van der Waals surface area contributed by atoms with Crippen molar-refractivity contribution in [3.63, 3.8) is 0 Å². The van der Waals surface area contributed by atoms with E-state index in [-0.39, 0.29) is 0 Å². The van der Waals surface area contributed by atoms with Crippen molar-refractivity contribution in [2.75, 3.05) is 18.4 Å². The first-order chi connectivity index (χ1) is 10.1. The molecule has 6 heteroatoms. The van der Waals surface area contributed by atoms with Crippen LogP contribution in [-0.2, 0) is 6.54 Å². The van der Waals surface area contributed by atoms with E-state index < -0.39 is 0 Å². The third-order valence-electron chi connectivity index (χ3n) is 3.43. The minimum Gasteiger partial charge on any atom is -0.336 e. The van der Waals surface area contributed by atoms with Gasteiger partial charge in [0.25, 0.3) is 0 Å². The highest BCUT2D eigenvalue weighted by molar-refractivity contribution is 7.10. The third-order valence-corrected chi connectivity index (χ3v) is 5.07. The first kappa shape index (κ1) is 14.7. The Bertz CT molecular complexity index is 661. The largest absolute Gasteiger partial charge is 0.336 e. The summed E-state index contributed by atoms with van der Waals surface area (Å²) < 4.78 is 0. The predicted molar refractivity (Wildman–Crippen MR) is 91.9 cm³/mol. The molecule has 110 valence electrons. The van der Waals surface area contributed by atoms with Crippen LogP contribution in [0.15, 0.2) is 34.6 Å². The molecule has 0 amide bonds. The van der Waals surface area contributed by atoms with Crippen molar-refractivity contribution < 1.29 is 0 Å². The van der Waals surface area contributed by atoms with Gasteiger partial charge in [-0.15, -0.1) is 11.3 Å². The molecule has 0 unspecified atom stereocenters. The highest BCUT2D eigenvalue weighted by atomic mass is 35.5. The lowest BCUT2D eigenvalue weighted by molar-refractivity contribution is 0.454. The summed E-state index contributed by atoms with van der Waals surface area (Å²) in [5, 5.41) is 6.60. The lowest BCUT2D eigenvalue weighted by Gasteiger charge is -2.21. The van der Waals surface area contributed by atoms with E-state index in [1.54, 1.807) is 11.3 Å². The maximum absolute atomic E-state index is 6.21. The van der Waals surface area contributed by atoms with Crippen LogP contribution in [0.2, 0.25) is 10.0 Å². The Hall–Kier alpha value is -1.23. The van der Waals surface area contributed by atoms with Crippen LogP contribution in [0.3, 0.4) is 0 Å². The fourth-order valence-corrected chi connectivity index (χ4v) is 3.64. The number of hydrogen-bond acceptors (Lipinski definition) is 4. The van der Waals surface area contributed by atoms with E-state index in [0.717, 1.165) is 31.3 Å². The number of halogens is 2. The quantitative estimate of drug-likeness (QED) is 0.881. The number of benzene rings is 1. The maximum Gasteiger partial charge on any atom is 0.199 e. The summed E-state index contributed by atoms with van der Waals surface area (Å²) in [6, 6.07) is 7.61. The lowest BCUT2D eigenvalue weighted by Crippen LogP contribution is -2.32. The number of nitrogens with one attached hydrogen (secondary N) is 1. The molecule has 3 nitrogen and oxygen atoms in total. The summed E-state index contributed by atoms with van der Waals surface area (Å²) in [5.41, 5.74) is 2.04. The summed E-state index contributed by atoms with van der Waals surface area (Å²) in [6.07, 6.45) is 0. The van der Waals surface area contributed by atoms with Gasteiger partial charge < -0.3 is 10.2 Å². The molecule has 3 rings (SSSR count). The Morgan fingerprint density at radius 1 is 1.29 bits per heavy atom. The zero-order chi connectivity index (χ0) is 14.8. The van der Waals surface area contributed by atoms with Crippen LogP contribution < -0.4 is 5.32 Å². The molecule has 2 aromatic rings. The first-order valence-electron chi connectivity index (χ1n) is 6.68. The molecule has 1 aliphatic rings. The molecule has 0 atom stereocenters. The highest BCUT2D eigenvalue weighted by Gasteiger charge is 2.20. The van der Waals surface area contributed by atoms with Gasteiger partial charge in [0.15, 0.2) is 5.96 Å². The number of aryl methyl sites for hydroxylation is 1. The van der Waals surface area contributed by atoms with E-state index in [2.05, 4.69) is 33.6 Å². The maximum atomic E-state index is 6.21. The van der Waals surface area contributed by atoms with Gasteiger partial charge in [-0.25, -0.2) is 0 Å². The number of rotatable bonds is 3. The van der Waals surface area contributed by atoms with Gasteiger partial charge in [-0.2, -0.15) is 0 Å². The summed E-state index contributed by atoms with van der Waals surface area (Å²) in [6.45, 7) is 4.69. The number of guanidine groups is 1. The standard InChI is InChI=1S/C15H15Cl2N3S/c1-10-5-8-21-13(10)9-20-7-6-18-15(20)19-14-11(16)3-2-4-12(14)17/h2-5,8H,6-7,9H2,1H3,(H,18,19). The Morgan fingerprint density at radius 2 is 2.05 bits per heavy atom. The molecule has 0 bridgehead atoms. The molecular formula is C15H15Cl2N3S. The summed E-state index contributed by atoms with van der Waals surface area (Å²) in [5.74, 6) is 0.831. The highest BCUT2D eigenvalue weighted by Crippen LogP contribution is 2.30. The minimum atomic E-state index is 0.601. The van der Waals surface area contributed by atoms with E-state index in [1.807, 2.05) is 18.2 Å². The average Bonchev–Trinajstić information content (AvgIpc) is 3.05. The first-order valence-corrected chi connectivity index (χ1v) is 8.32. The van der Waals surface area contributed by atoms with Crippen molar-refractivity contribution in [2.45, 2.75) is 13.5 Å². The molecule has 21 heavy (non-hydrogen) atoms. The van der Waals surface area contributed by atoms with Gasteiger partial charge in [-0.3, -0.25) is 4.99 Å². The molecule has 1 aromatic heterocycles. The lowest BCUT2D eigenvalue weighted by atomic mass is 10.3.